The normalized spacial score (nSPS) is 13.2. The second kappa shape index (κ2) is 4.57. The molecule has 0 N–H and O–H groups in total. The molecule has 0 unspecified atom stereocenters. The van der Waals surface area contributed by atoms with Gasteiger partial charge in [-0.1, -0.05) is 12.1 Å². The van der Waals surface area contributed by atoms with Gasteiger partial charge in [0.15, 0.2) is 0 Å². The summed E-state index contributed by atoms with van der Waals surface area (Å²) in [5.41, 5.74) is 2.54. The van der Waals surface area contributed by atoms with Gasteiger partial charge in [0.2, 0.25) is 0 Å². The zero-order chi connectivity index (χ0) is 12.4. The summed E-state index contributed by atoms with van der Waals surface area (Å²) in [5.74, 6) is -0.0225. The van der Waals surface area contributed by atoms with Gasteiger partial charge in [-0.3, -0.25) is 9.59 Å². The van der Waals surface area contributed by atoms with Crippen LogP contribution in [0.25, 0.3) is 0 Å². The quantitative estimate of drug-likeness (QED) is 0.588. The van der Waals surface area contributed by atoms with E-state index in [9.17, 15) is 9.59 Å². The molecule has 0 aromatic heterocycles. The van der Waals surface area contributed by atoms with E-state index in [1.54, 1.807) is 6.92 Å². The average molecular weight is 234 g/mol. The first-order valence-electron chi connectivity index (χ1n) is 5.59. The Morgan fingerprint density at radius 1 is 1.47 bits per heavy atom. The molecule has 1 aromatic carbocycles. The molecule has 0 saturated heterocycles. The minimum atomic E-state index is -0.299. The third-order valence-electron chi connectivity index (χ3n) is 2.75. The van der Waals surface area contributed by atoms with Gasteiger partial charge in [0, 0.05) is 11.1 Å². The summed E-state index contributed by atoms with van der Waals surface area (Å²) < 4.78 is 10.1. The van der Waals surface area contributed by atoms with Crippen LogP contribution in [0.1, 0.15) is 23.6 Å². The van der Waals surface area contributed by atoms with Gasteiger partial charge in [0.25, 0.3) is 0 Å². The fourth-order valence-corrected chi connectivity index (χ4v) is 1.92. The Balaban J connectivity index is 2.31. The summed E-state index contributed by atoms with van der Waals surface area (Å²) in [4.78, 5) is 22.7. The summed E-state index contributed by atoms with van der Waals surface area (Å²) in [5, 5.41) is 0. The number of carbonyl (C=O) groups excluding carboxylic acids is 2. The van der Waals surface area contributed by atoms with Gasteiger partial charge in [0.1, 0.15) is 5.75 Å². The average Bonchev–Trinajstić information content (AvgIpc) is 2.64. The second-order valence-electron chi connectivity index (χ2n) is 3.98. The van der Waals surface area contributed by atoms with Crippen LogP contribution < -0.4 is 4.74 Å². The molecular formula is C13H14O4. The summed E-state index contributed by atoms with van der Waals surface area (Å²) in [7, 11) is 0. The minimum absolute atomic E-state index is 0.149. The van der Waals surface area contributed by atoms with E-state index < -0.39 is 0 Å². The van der Waals surface area contributed by atoms with Crippen molar-refractivity contribution in [2.45, 2.75) is 26.7 Å². The van der Waals surface area contributed by atoms with E-state index in [1.807, 2.05) is 19.1 Å². The van der Waals surface area contributed by atoms with Gasteiger partial charge in [-0.2, -0.15) is 0 Å². The summed E-state index contributed by atoms with van der Waals surface area (Å²) in [6.45, 7) is 4.01. The second-order valence-corrected chi connectivity index (χ2v) is 3.98. The summed E-state index contributed by atoms with van der Waals surface area (Å²) in [6.07, 6.45) is 0.432. The van der Waals surface area contributed by atoms with E-state index >= 15 is 0 Å². The number of ether oxygens (including phenoxy) is 2. The van der Waals surface area contributed by atoms with Crippen LogP contribution in [0.4, 0.5) is 0 Å². The molecule has 4 nitrogen and oxygen atoms in total. The van der Waals surface area contributed by atoms with Crippen LogP contribution in [0.5, 0.6) is 5.75 Å². The van der Waals surface area contributed by atoms with Crippen LogP contribution in [-0.4, -0.2) is 18.5 Å². The maximum Gasteiger partial charge on any atom is 0.315 e. The highest BCUT2D eigenvalue weighted by Crippen LogP contribution is 2.32. The largest absolute Gasteiger partial charge is 0.466 e. The molecule has 0 amide bonds. The minimum Gasteiger partial charge on any atom is -0.466 e. The van der Waals surface area contributed by atoms with E-state index in [-0.39, 0.29) is 24.8 Å². The van der Waals surface area contributed by atoms with E-state index in [0.717, 1.165) is 16.7 Å². The first-order chi connectivity index (χ1) is 8.11. The topological polar surface area (TPSA) is 52.6 Å². The highest BCUT2D eigenvalue weighted by Gasteiger charge is 2.25. The molecule has 0 fully saturated rings. The molecule has 2 rings (SSSR count). The number of carbonyl (C=O) groups is 2. The van der Waals surface area contributed by atoms with E-state index in [1.165, 1.54) is 0 Å². The third-order valence-corrected chi connectivity index (χ3v) is 2.75. The molecular weight excluding hydrogens is 220 g/mol. The Bertz CT molecular complexity index is 477. The summed E-state index contributed by atoms with van der Waals surface area (Å²) >= 11 is 0. The van der Waals surface area contributed by atoms with Gasteiger partial charge >= 0.3 is 11.9 Å². The number of rotatable bonds is 3. The molecule has 4 heteroatoms. The van der Waals surface area contributed by atoms with Crippen LogP contribution in [0, 0.1) is 6.92 Å². The summed E-state index contributed by atoms with van der Waals surface area (Å²) in [6, 6.07) is 3.76. The smallest absolute Gasteiger partial charge is 0.315 e. The van der Waals surface area contributed by atoms with Crippen LogP contribution in [0.2, 0.25) is 0 Å². The third kappa shape index (κ3) is 2.30. The van der Waals surface area contributed by atoms with Crippen molar-refractivity contribution in [3.05, 3.63) is 28.8 Å². The van der Waals surface area contributed by atoms with Gasteiger partial charge < -0.3 is 9.47 Å². The molecule has 1 aromatic rings. The number of esters is 2. The Morgan fingerprint density at radius 2 is 2.24 bits per heavy atom. The van der Waals surface area contributed by atoms with Gasteiger partial charge in [0.05, 0.1) is 19.4 Å². The van der Waals surface area contributed by atoms with E-state index in [4.69, 9.17) is 9.47 Å². The fourth-order valence-electron chi connectivity index (χ4n) is 1.92. The zero-order valence-corrected chi connectivity index (χ0v) is 9.91. The van der Waals surface area contributed by atoms with Crippen molar-refractivity contribution in [1.82, 2.24) is 0 Å². The Morgan fingerprint density at radius 3 is 2.94 bits per heavy atom. The molecule has 0 atom stereocenters. The molecule has 0 bridgehead atoms. The molecule has 1 aliphatic rings. The van der Waals surface area contributed by atoms with Crippen LogP contribution in [-0.2, 0) is 27.2 Å². The molecule has 0 saturated carbocycles. The Labute approximate surface area is 99.5 Å². The number of benzene rings is 1. The number of fused-ring (bicyclic) bond motifs is 1. The van der Waals surface area contributed by atoms with Crippen molar-refractivity contribution in [3.63, 3.8) is 0 Å². The number of hydrogen-bond donors (Lipinski definition) is 0. The van der Waals surface area contributed by atoms with Crippen molar-refractivity contribution < 1.29 is 19.1 Å². The Hall–Kier alpha value is -1.84. The molecule has 0 aliphatic carbocycles. The maximum atomic E-state index is 11.5. The van der Waals surface area contributed by atoms with Crippen LogP contribution in [0.3, 0.4) is 0 Å². The molecule has 90 valence electrons. The fraction of sp³-hybridized carbons (Fsp3) is 0.385. The van der Waals surface area contributed by atoms with Gasteiger partial charge in [-0.15, -0.1) is 0 Å². The van der Waals surface area contributed by atoms with Crippen molar-refractivity contribution in [1.29, 1.82) is 0 Å². The number of aryl methyl sites for hydroxylation is 1. The van der Waals surface area contributed by atoms with Crippen molar-refractivity contribution >= 4 is 11.9 Å². The monoisotopic (exact) mass is 234 g/mol. The van der Waals surface area contributed by atoms with Crippen molar-refractivity contribution in [3.8, 4) is 5.75 Å². The lowest BCUT2D eigenvalue weighted by Gasteiger charge is -2.09. The molecule has 17 heavy (non-hydrogen) atoms. The van der Waals surface area contributed by atoms with Crippen molar-refractivity contribution in [2.24, 2.45) is 0 Å². The predicted molar refractivity (Wildman–Crippen MR) is 60.9 cm³/mol. The first-order valence-corrected chi connectivity index (χ1v) is 5.59. The van der Waals surface area contributed by atoms with Crippen LogP contribution >= 0.6 is 0 Å². The lowest BCUT2D eigenvalue weighted by Crippen LogP contribution is -2.10. The van der Waals surface area contributed by atoms with Gasteiger partial charge in [-0.25, -0.2) is 0 Å². The Kier molecular flexibility index (Phi) is 3.13. The highest BCUT2D eigenvalue weighted by molar-refractivity contribution is 5.84. The molecule has 1 aliphatic heterocycles. The highest BCUT2D eigenvalue weighted by atomic mass is 16.5. The SMILES string of the molecule is CCOC(=O)Cc1c(C)ccc2c1OC(=O)C2. The van der Waals surface area contributed by atoms with E-state index in [0.29, 0.717) is 12.4 Å². The standard InChI is InChI=1S/C13H14O4/c1-3-16-11(14)7-10-8(2)4-5-9-6-12(15)17-13(9)10/h4-5H,3,6-7H2,1-2H3. The predicted octanol–water partition coefficient (Wildman–Crippen LogP) is 1.56. The van der Waals surface area contributed by atoms with Crippen molar-refractivity contribution in [2.75, 3.05) is 6.61 Å². The molecule has 0 radical (unpaired) electrons. The molecule has 0 spiro atoms. The van der Waals surface area contributed by atoms with Gasteiger partial charge in [-0.05, 0) is 19.4 Å². The van der Waals surface area contributed by atoms with E-state index in [2.05, 4.69) is 0 Å². The lowest BCUT2D eigenvalue weighted by molar-refractivity contribution is -0.142. The zero-order valence-electron chi connectivity index (χ0n) is 9.91. The first kappa shape index (κ1) is 11.6. The molecule has 1 heterocycles. The van der Waals surface area contributed by atoms with Crippen LogP contribution in [0.15, 0.2) is 12.1 Å². The number of hydrogen-bond acceptors (Lipinski definition) is 4. The lowest BCUT2D eigenvalue weighted by atomic mass is 10.0. The maximum absolute atomic E-state index is 11.5.